The minimum Gasteiger partial charge on any atom is -0.491 e. The zero-order valence-corrected chi connectivity index (χ0v) is 24.6. The number of nitrogens with zero attached hydrogens (tertiary/aromatic N) is 1. The van der Waals surface area contributed by atoms with Crippen molar-refractivity contribution >= 4 is 23.7 Å². The zero-order valence-electron chi connectivity index (χ0n) is 24.6. The van der Waals surface area contributed by atoms with E-state index in [2.05, 4.69) is 10.6 Å². The number of hydrogen-bond donors (Lipinski definition) is 2. The van der Waals surface area contributed by atoms with Gasteiger partial charge in [0.2, 0.25) is 17.7 Å². The second-order valence-electron chi connectivity index (χ2n) is 11.7. The number of carbonyl (C=O) groups is 4. The monoisotopic (exact) mass is 579 g/mol. The Morgan fingerprint density at radius 2 is 1.79 bits per heavy atom. The van der Waals surface area contributed by atoms with Crippen LogP contribution in [0.4, 0.5) is 0 Å². The molecule has 0 aromatic heterocycles. The van der Waals surface area contributed by atoms with Crippen molar-refractivity contribution in [2.45, 2.75) is 76.6 Å². The Bertz CT molecular complexity index is 1240. The van der Waals surface area contributed by atoms with E-state index in [0.717, 1.165) is 11.1 Å². The number of ether oxygens (including phenoxy) is 3. The molecular formula is C32H41N3O7. The first-order valence-corrected chi connectivity index (χ1v) is 14.6. The number of carbonyl (C=O) groups excluding carboxylic acids is 4. The summed E-state index contributed by atoms with van der Waals surface area (Å²) in [5, 5.41) is 5.67. The van der Waals surface area contributed by atoms with E-state index in [-0.39, 0.29) is 38.6 Å². The Kier molecular flexibility index (Phi) is 10.6. The highest BCUT2D eigenvalue weighted by molar-refractivity contribution is 5.94. The molecule has 0 spiro atoms. The number of aryl methyl sites for hydroxylation is 1. The van der Waals surface area contributed by atoms with Crippen molar-refractivity contribution in [2.24, 2.45) is 0 Å². The summed E-state index contributed by atoms with van der Waals surface area (Å²) < 4.78 is 17.1. The molecule has 2 aliphatic heterocycles. The minimum atomic E-state index is -1.10. The molecule has 3 atom stereocenters. The van der Waals surface area contributed by atoms with Crippen LogP contribution in [0.5, 0.6) is 5.75 Å². The molecule has 4 rings (SSSR count). The van der Waals surface area contributed by atoms with Crippen LogP contribution in [0.1, 0.15) is 51.2 Å². The molecule has 3 amide bonds. The molecule has 2 N–H and O–H groups in total. The zero-order chi connectivity index (χ0) is 30.1. The van der Waals surface area contributed by atoms with Gasteiger partial charge in [0, 0.05) is 19.4 Å². The van der Waals surface area contributed by atoms with Gasteiger partial charge in [-0.3, -0.25) is 14.4 Å². The van der Waals surface area contributed by atoms with E-state index in [1.165, 1.54) is 0 Å². The molecule has 10 heteroatoms. The van der Waals surface area contributed by atoms with E-state index in [1.54, 1.807) is 25.7 Å². The summed E-state index contributed by atoms with van der Waals surface area (Å²) in [4.78, 5) is 55.0. The Morgan fingerprint density at radius 1 is 1.00 bits per heavy atom. The fraction of sp³-hybridized carbons (Fsp3) is 0.500. The summed E-state index contributed by atoms with van der Waals surface area (Å²) in [6, 6.07) is 14.1. The number of fused-ring (bicyclic) bond motifs is 2. The number of benzene rings is 2. The Labute approximate surface area is 247 Å². The first-order chi connectivity index (χ1) is 20.1. The van der Waals surface area contributed by atoms with Gasteiger partial charge in [0.25, 0.3) is 0 Å². The number of likely N-dealkylation sites (tertiary alicyclic amines) is 1. The summed E-state index contributed by atoms with van der Waals surface area (Å²) in [6.07, 6.45) is 2.11. The van der Waals surface area contributed by atoms with Gasteiger partial charge < -0.3 is 29.7 Å². The first-order valence-electron chi connectivity index (χ1n) is 14.6. The molecule has 10 nitrogen and oxygen atoms in total. The van der Waals surface area contributed by atoms with Crippen LogP contribution in [0.15, 0.2) is 54.6 Å². The second kappa shape index (κ2) is 14.3. The molecule has 2 bridgehead atoms. The molecule has 226 valence electrons. The van der Waals surface area contributed by atoms with Gasteiger partial charge in [-0.1, -0.05) is 42.5 Å². The van der Waals surface area contributed by atoms with Crippen molar-refractivity contribution in [1.29, 1.82) is 0 Å². The summed E-state index contributed by atoms with van der Waals surface area (Å²) in [5.74, 6) is -1.09. The first kappa shape index (κ1) is 31.0. The average Bonchev–Trinajstić information content (AvgIpc) is 3.37. The fourth-order valence-electron chi connectivity index (χ4n) is 5.05. The van der Waals surface area contributed by atoms with Gasteiger partial charge in [-0.25, -0.2) is 4.79 Å². The third-order valence-electron chi connectivity index (χ3n) is 7.10. The standard InChI is InChI=1S/C32H41N3O7/c1-32(2,3)42-31(39)26-21-40-17-18-41-24-12-7-11-23(19-24)20-27(35-16-8-13-28(35)36)30(38)33-25(29(37)34-26)15-14-22-9-5-4-6-10-22/h4-7,9-12,19,25-27H,8,13-18,20-21H2,1-3H3,(H,33,38)(H,34,37)/t25-,26-,27-/m0/s1. The van der Waals surface area contributed by atoms with Crippen LogP contribution in [-0.2, 0) is 41.5 Å². The highest BCUT2D eigenvalue weighted by Gasteiger charge is 2.36. The predicted molar refractivity (Wildman–Crippen MR) is 156 cm³/mol. The third-order valence-corrected chi connectivity index (χ3v) is 7.10. The predicted octanol–water partition coefficient (Wildman–Crippen LogP) is 2.57. The Morgan fingerprint density at radius 3 is 2.50 bits per heavy atom. The molecule has 2 heterocycles. The van der Waals surface area contributed by atoms with Crippen molar-refractivity contribution in [3.63, 3.8) is 0 Å². The van der Waals surface area contributed by atoms with Crippen LogP contribution in [-0.4, -0.2) is 78.7 Å². The van der Waals surface area contributed by atoms with Gasteiger partial charge in [0.05, 0.1) is 13.2 Å². The van der Waals surface area contributed by atoms with E-state index < -0.39 is 41.5 Å². The lowest BCUT2D eigenvalue weighted by molar-refractivity contribution is -0.160. The van der Waals surface area contributed by atoms with Gasteiger partial charge in [-0.05, 0) is 63.3 Å². The van der Waals surface area contributed by atoms with E-state index in [9.17, 15) is 19.2 Å². The molecule has 1 saturated heterocycles. The molecule has 42 heavy (non-hydrogen) atoms. The smallest absolute Gasteiger partial charge is 0.331 e. The number of nitrogens with one attached hydrogen (secondary N) is 2. The normalized spacial score (nSPS) is 22.6. The SMILES string of the molecule is CC(C)(C)OC(=O)[C@@H]1COCCOc2cccc(c2)C[C@H](N2CCCC2=O)C(=O)N[C@@H](CCc2ccccc2)C(=O)N1. The van der Waals surface area contributed by atoms with Crippen molar-refractivity contribution in [2.75, 3.05) is 26.4 Å². The summed E-state index contributed by atoms with van der Waals surface area (Å²) in [6.45, 7) is 5.96. The quantitative estimate of drug-likeness (QED) is 0.522. The van der Waals surface area contributed by atoms with Gasteiger partial charge >= 0.3 is 5.97 Å². The Hall–Kier alpha value is -3.92. The Balaban J connectivity index is 1.64. The number of rotatable bonds is 5. The topological polar surface area (TPSA) is 123 Å². The number of amides is 3. The van der Waals surface area contributed by atoms with E-state index in [1.807, 2.05) is 54.6 Å². The molecular weight excluding hydrogens is 538 g/mol. The summed E-state index contributed by atoms with van der Waals surface area (Å²) >= 11 is 0. The van der Waals surface area contributed by atoms with Gasteiger partial charge in [0.15, 0.2) is 6.04 Å². The second-order valence-corrected chi connectivity index (χ2v) is 11.7. The molecule has 0 aliphatic carbocycles. The average molecular weight is 580 g/mol. The van der Waals surface area contributed by atoms with Crippen molar-refractivity contribution in [3.05, 3.63) is 65.7 Å². The lowest BCUT2D eigenvalue weighted by atomic mass is 10.0. The highest BCUT2D eigenvalue weighted by atomic mass is 16.6. The van der Waals surface area contributed by atoms with Gasteiger partial charge in [-0.15, -0.1) is 0 Å². The van der Waals surface area contributed by atoms with Crippen LogP contribution >= 0.6 is 0 Å². The van der Waals surface area contributed by atoms with Crippen LogP contribution < -0.4 is 15.4 Å². The summed E-state index contributed by atoms with van der Waals surface area (Å²) in [5.41, 5.74) is 1.05. The number of esters is 1. The highest BCUT2D eigenvalue weighted by Crippen LogP contribution is 2.21. The maximum absolute atomic E-state index is 13.9. The number of hydrogen-bond acceptors (Lipinski definition) is 7. The molecule has 0 unspecified atom stereocenters. The van der Waals surface area contributed by atoms with Crippen LogP contribution in [0.2, 0.25) is 0 Å². The van der Waals surface area contributed by atoms with Gasteiger partial charge in [-0.2, -0.15) is 0 Å². The molecule has 2 aromatic rings. The largest absolute Gasteiger partial charge is 0.491 e. The molecule has 1 fully saturated rings. The van der Waals surface area contributed by atoms with Crippen molar-refractivity contribution in [3.8, 4) is 5.75 Å². The van der Waals surface area contributed by atoms with E-state index in [4.69, 9.17) is 14.2 Å². The van der Waals surface area contributed by atoms with Crippen LogP contribution in [0, 0.1) is 0 Å². The molecule has 0 saturated carbocycles. The van der Waals surface area contributed by atoms with Crippen LogP contribution in [0.25, 0.3) is 0 Å². The van der Waals surface area contributed by atoms with Crippen LogP contribution in [0.3, 0.4) is 0 Å². The van der Waals surface area contributed by atoms with E-state index >= 15 is 0 Å². The van der Waals surface area contributed by atoms with Crippen molar-refractivity contribution < 1.29 is 33.4 Å². The lowest BCUT2D eigenvalue weighted by Gasteiger charge is -2.30. The minimum absolute atomic E-state index is 0.0932. The van der Waals surface area contributed by atoms with Crippen molar-refractivity contribution in [1.82, 2.24) is 15.5 Å². The maximum Gasteiger partial charge on any atom is 0.331 e. The molecule has 0 radical (unpaired) electrons. The molecule has 2 aliphatic rings. The summed E-state index contributed by atoms with van der Waals surface area (Å²) in [7, 11) is 0. The lowest BCUT2D eigenvalue weighted by Crippen LogP contribution is -2.57. The maximum atomic E-state index is 13.9. The van der Waals surface area contributed by atoms with Gasteiger partial charge in [0.1, 0.15) is 30.0 Å². The third kappa shape index (κ3) is 9.04. The molecule has 2 aromatic carbocycles. The van der Waals surface area contributed by atoms with E-state index in [0.29, 0.717) is 31.6 Å². The fourth-order valence-corrected chi connectivity index (χ4v) is 5.05.